The molecule has 0 aliphatic rings. The van der Waals surface area contributed by atoms with E-state index in [0.29, 0.717) is 29.1 Å². The monoisotopic (exact) mass is 590 g/mol. The van der Waals surface area contributed by atoms with Crippen LogP contribution in [0.5, 0.6) is 0 Å². The Morgan fingerprint density at radius 2 is 1.69 bits per heavy atom. The number of aromatic nitrogens is 1. The van der Waals surface area contributed by atoms with Crippen molar-refractivity contribution < 1.29 is 24.2 Å². The van der Waals surface area contributed by atoms with Crippen molar-refractivity contribution in [3.63, 3.8) is 0 Å². The van der Waals surface area contributed by atoms with Crippen molar-refractivity contribution in [2.24, 2.45) is 0 Å². The van der Waals surface area contributed by atoms with Gasteiger partial charge in [-0.2, -0.15) is 0 Å². The number of halogens is 1. The van der Waals surface area contributed by atoms with E-state index in [1.807, 2.05) is 51.2 Å². The number of aliphatic hydroxyl groups excluding tert-OH is 1. The molecule has 3 aromatic carbocycles. The van der Waals surface area contributed by atoms with Crippen LogP contribution in [0.4, 0.5) is 4.79 Å². The summed E-state index contributed by atoms with van der Waals surface area (Å²) in [5, 5.41) is 12.2. The van der Waals surface area contributed by atoms with Crippen LogP contribution >= 0.6 is 11.6 Å². The van der Waals surface area contributed by atoms with Gasteiger partial charge in [0.1, 0.15) is 5.60 Å². The topological polar surface area (TPSA) is 81.0 Å². The molecule has 222 valence electrons. The highest BCUT2D eigenvalue weighted by molar-refractivity contribution is 6.30. The lowest BCUT2D eigenvalue weighted by Gasteiger charge is -2.29. The molecule has 1 atom stereocenters. The number of esters is 1. The quantitative estimate of drug-likeness (QED) is 0.201. The second-order valence-electron chi connectivity index (χ2n) is 11.7. The third-order valence-electron chi connectivity index (χ3n) is 7.03. The molecule has 7 nitrogen and oxygen atoms in total. The molecule has 1 N–H and O–H groups in total. The Morgan fingerprint density at radius 1 is 1.00 bits per heavy atom. The minimum absolute atomic E-state index is 0.0798. The van der Waals surface area contributed by atoms with Crippen LogP contribution in [0.2, 0.25) is 5.02 Å². The molecule has 0 saturated heterocycles. The Kier molecular flexibility index (Phi) is 9.64. The number of rotatable bonds is 9. The Bertz CT molecular complexity index is 1550. The largest absolute Gasteiger partial charge is 0.465 e. The van der Waals surface area contributed by atoms with Crippen molar-refractivity contribution in [1.29, 1.82) is 0 Å². The average Bonchev–Trinajstić information content (AvgIpc) is 3.33. The molecule has 1 heterocycles. The van der Waals surface area contributed by atoms with E-state index in [2.05, 4.69) is 36.6 Å². The highest BCUT2D eigenvalue weighted by atomic mass is 35.5. The summed E-state index contributed by atoms with van der Waals surface area (Å²) in [5.74, 6) is -0.350. The Balaban J connectivity index is 1.52. The summed E-state index contributed by atoms with van der Waals surface area (Å²) in [5.41, 5.74) is 4.62. The third-order valence-corrected chi connectivity index (χ3v) is 7.27. The molecule has 0 bridgehead atoms. The first-order valence-corrected chi connectivity index (χ1v) is 14.5. The fourth-order valence-corrected chi connectivity index (χ4v) is 5.07. The molecule has 42 heavy (non-hydrogen) atoms. The maximum atomic E-state index is 13.0. The molecule has 0 saturated carbocycles. The van der Waals surface area contributed by atoms with Crippen molar-refractivity contribution in [2.75, 3.05) is 20.2 Å². The Hall–Kier alpha value is -3.81. The van der Waals surface area contributed by atoms with E-state index in [0.717, 1.165) is 27.6 Å². The number of hydrogen-bond donors (Lipinski definition) is 1. The summed E-state index contributed by atoms with van der Waals surface area (Å²) in [7, 11) is 1.39. The zero-order valence-corrected chi connectivity index (χ0v) is 25.8. The van der Waals surface area contributed by atoms with E-state index >= 15 is 0 Å². The van der Waals surface area contributed by atoms with Crippen LogP contribution < -0.4 is 0 Å². The van der Waals surface area contributed by atoms with Gasteiger partial charge >= 0.3 is 12.1 Å². The van der Waals surface area contributed by atoms with Gasteiger partial charge in [-0.3, -0.25) is 0 Å². The van der Waals surface area contributed by atoms with Crippen molar-refractivity contribution >= 4 is 34.6 Å². The number of nitrogens with zero attached hydrogens (tertiary/aromatic N) is 2. The molecule has 0 aliphatic carbocycles. The van der Waals surface area contributed by atoms with Crippen molar-refractivity contribution in [2.45, 2.75) is 58.8 Å². The van der Waals surface area contributed by atoms with E-state index in [4.69, 9.17) is 21.1 Å². The minimum atomic E-state index is -0.905. The van der Waals surface area contributed by atoms with Gasteiger partial charge in [0, 0.05) is 34.7 Å². The molecule has 4 rings (SSSR count). The second kappa shape index (κ2) is 13.0. The fourth-order valence-electron chi connectivity index (χ4n) is 4.87. The number of carbonyl (C=O) groups excluding carboxylic acids is 2. The maximum absolute atomic E-state index is 13.0. The lowest BCUT2D eigenvalue weighted by atomic mass is 10.0. The van der Waals surface area contributed by atoms with E-state index in [1.165, 1.54) is 12.0 Å². The standard InChI is InChI=1S/C34H39ClN2O5/c1-22(2)37-20-29(32(39)41-6)28-15-14-25(19-30(28)37)24-12-10-23(11-13-24)16-17-36(33(40)42-34(3,4)5)21-31(38)26-8-7-9-27(35)18-26/h7-15,18-20,22,31,38H,16-17,21H2,1-6H3/t31-/m0/s1. The third kappa shape index (κ3) is 7.52. The van der Waals surface area contributed by atoms with E-state index in [1.54, 1.807) is 24.3 Å². The number of hydrogen-bond acceptors (Lipinski definition) is 5. The van der Waals surface area contributed by atoms with E-state index < -0.39 is 17.8 Å². The molecule has 0 fully saturated rings. The lowest BCUT2D eigenvalue weighted by molar-refractivity contribution is 0.0147. The number of benzene rings is 3. The van der Waals surface area contributed by atoms with Gasteiger partial charge in [-0.25, -0.2) is 9.59 Å². The van der Waals surface area contributed by atoms with Crippen LogP contribution in [0.25, 0.3) is 22.0 Å². The molecular formula is C34H39ClN2O5. The summed E-state index contributed by atoms with van der Waals surface area (Å²) in [6.07, 6.45) is 1.05. The molecule has 1 aromatic heterocycles. The number of ether oxygens (including phenoxy) is 2. The van der Waals surface area contributed by atoms with Crippen molar-refractivity contribution in [1.82, 2.24) is 9.47 Å². The minimum Gasteiger partial charge on any atom is -0.465 e. The Morgan fingerprint density at radius 3 is 2.31 bits per heavy atom. The molecule has 4 aromatic rings. The fraction of sp³-hybridized carbons (Fsp3) is 0.353. The van der Waals surface area contributed by atoms with Gasteiger partial charge in [-0.1, -0.05) is 60.1 Å². The molecule has 0 aliphatic heterocycles. The summed E-state index contributed by atoms with van der Waals surface area (Å²) in [6.45, 7) is 10.1. The van der Waals surface area contributed by atoms with Crippen LogP contribution in [0.15, 0.2) is 72.9 Å². The normalized spacial score (nSPS) is 12.4. The van der Waals surface area contributed by atoms with Crippen LogP contribution in [-0.2, 0) is 15.9 Å². The lowest BCUT2D eigenvalue weighted by Crippen LogP contribution is -2.40. The number of methoxy groups -OCH3 is 1. The predicted molar refractivity (Wildman–Crippen MR) is 167 cm³/mol. The smallest absolute Gasteiger partial charge is 0.410 e. The molecule has 0 spiro atoms. The van der Waals surface area contributed by atoms with E-state index in [-0.39, 0.29) is 18.6 Å². The summed E-state index contributed by atoms with van der Waals surface area (Å²) in [4.78, 5) is 26.9. The van der Waals surface area contributed by atoms with Gasteiger partial charge in [-0.15, -0.1) is 0 Å². The summed E-state index contributed by atoms with van der Waals surface area (Å²) < 4.78 is 12.7. The maximum Gasteiger partial charge on any atom is 0.410 e. The highest BCUT2D eigenvalue weighted by Gasteiger charge is 2.25. The zero-order valence-electron chi connectivity index (χ0n) is 25.1. The molecule has 0 unspecified atom stereocenters. The first-order valence-electron chi connectivity index (χ1n) is 14.1. The van der Waals surface area contributed by atoms with Crippen molar-refractivity contribution in [3.8, 4) is 11.1 Å². The molecular weight excluding hydrogens is 552 g/mol. The first kappa shape index (κ1) is 31.1. The van der Waals surface area contributed by atoms with Crippen molar-refractivity contribution in [3.05, 3.63) is 94.6 Å². The van der Waals surface area contributed by atoms with Gasteiger partial charge < -0.3 is 24.0 Å². The molecule has 0 radical (unpaired) electrons. The van der Waals surface area contributed by atoms with Gasteiger partial charge in [-0.05, 0) is 81.5 Å². The van der Waals surface area contributed by atoms with Crippen LogP contribution in [-0.4, -0.2) is 52.4 Å². The van der Waals surface area contributed by atoms with Gasteiger partial charge in [0.15, 0.2) is 0 Å². The number of carbonyl (C=O) groups is 2. The van der Waals surface area contributed by atoms with Crippen LogP contribution in [0, 0.1) is 0 Å². The summed E-state index contributed by atoms with van der Waals surface area (Å²) in [6, 6.07) is 21.4. The van der Waals surface area contributed by atoms with Crippen LogP contribution in [0.1, 0.15) is 68.2 Å². The first-order chi connectivity index (χ1) is 19.9. The number of fused-ring (bicyclic) bond motifs is 1. The molecule has 8 heteroatoms. The second-order valence-corrected chi connectivity index (χ2v) is 12.1. The number of amides is 1. The van der Waals surface area contributed by atoms with Crippen LogP contribution in [0.3, 0.4) is 0 Å². The van der Waals surface area contributed by atoms with Gasteiger partial charge in [0.05, 0.1) is 25.3 Å². The molecule has 1 amide bonds. The van der Waals surface area contributed by atoms with Gasteiger partial charge in [0.25, 0.3) is 0 Å². The highest BCUT2D eigenvalue weighted by Crippen LogP contribution is 2.30. The Labute approximate surface area is 252 Å². The predicted octanol–water partition coefficient (Wildman–Crippen LogP) is 7.84. The average molecular weight is 591 g/mol. The SMILES string of the molecule is COC(=O)c1cn(C(C)C)c2cc(-c3ccc(CCN(C[C@H](O)c4cccc(Cl)c4)C(=O)OC(C)(C)C)cc3)ccc12. The summed E-state index contributed by atoms with van der Waals surface area (Å²) >= 11 is 6.11. The van der Waals surface area contributed by atoms with E-state index in [9.17, 15) is 14.7 Å². The number of aliphatic hydroxyl groups is 1. The van der Waals surface area contributed by atoms with Gasteiger partial charge in [0.2, 0.25) is 0 Å². The zero-order chi connectivity index (χ0) is 30.6.